The third-order valence-electron chi connectivity index (χ3n) is 8.03. The summed E-state index contributed by atoms with van der Waals surface area (Å²) in [5.41, 5.74) is 2.67. The number of halogens is 3. The number of aryl methyl sites for hydroxylation is 1. The van der Waals surface area contributed by atoms with Crippen molar-refractivity contribution < 1.29 is 19.5 Å². The number of amides is 2. The Hall–Kier alpha value is -2.95. The average molecular weight is 618 g/mol. The first-order chi connectivity index (χ1) is 19.1. The van der Waals surface area contributed by atoms with Gasteiger partial charge in [-0.05, 0) is 36.2 Å². The number of H-pyrrole nitrogens is 1. The van der Waals surface area contributed by atoms with Crippen LogP contribution in [0.5, 0.6) is 0 Å². The number of hydrogen-bond acceptors (Lipinski definition) is 6. The monoisotopic (exact) mass is 616 g/mol. The number of carbonyl (C=O) groups is 3. The number of nitrogens with one attached hydrogen (secondary N) is 2. The molecule has 40 heavy (non-hydrogen) atoms. The van der Waals surface area contributed by atoms with Crippen LogP contribution in [-0.4, -0.2) is 49.8 Å². The number of thiazole rings is 1. The molecule has 6 rings (SSSR count). The molecule has 2 aliphatic rings. The van der Waals surface area contributed by atoms with E-state index in [2.05, 4.69) is 15.3 Å². The van der Waals surface area contributed by atoms with Gasteiger partial charge in [0.2, 0.25) is 11.8 Å². The summed E-state index contributed by atoms with van der Waals surface area (Å²) < 4.78 is 0. The number of aliphatic carboxylic acids is 1. The number of aromatic nitrogens is 2. The quantitative estimate of drug-likeness (QED) is 0.188. The summed E-state index contributed by atoms with van der Waals surface area (Å²) in [6.07, 6.45) is 2.13. The van der Waals surface area contributed by atoms with Crippen molar-refractivity contribution in [3.63, 3.8) is 0 Å². The van der Waals surface area contributed by atoms with Crippen molar-refractivity contribution in [2.24, 2.45) is 11.8 Å². The van der Waals surface area contributed by atoms with E-state index < -0.39 is 41.2 Å². The maximum atomic E-state index is 14.0. The van der Waals surface area contributed by atoms with Gasteiger partial charge in [-0.15, -0.1) is 11.3 Å². The molecule has 4 heterocycles. The average Bonchev–Trinajstić information content (AvgIpc) is 3.66. The molecule has 0 spiro atoms. The number of nitrogens with zero attached hydrogens (tertiary/aromatic N) is 2. The molecule has 3 N–H and O–H groups in total. The second kappa shape index (κ2) is 10.2. The van der Waals surface area contributed by atoms with Gasteiger partial charge in [0.1, 0.15) is 5.54 Å². The zero-order valence-electron chi connectivity index (χ0n) is 21.1. The molecule has 2 saturated heterocycles. The first-order valence-electron chi connectivity index (χ1n) is 12.6. The van der Waals surface area contributed by atoms with Crippen LogP contribution in [0, 0.1) is 18.8 Å². The zero-order valence-corrected chi connectivity index (χ0v) is 24.2. The van der Waals surface area contributed by atoms with Gasteiger partial charge in [-0.3, -0.25) is 24.6 Å². The summed E-state index contributed by atoms with van der Waals surface area (Å²) in [5.74, 6) is -4.43. The molecule has 8 nitrogen and oxygen atoms in total. The lowest BCUT2D eigenvalue weighted by molar-refractivity contribution is -0.151. The molecule has 2 fully saturated rings. The molecule has 2 aromatic heterocycles. The van der Waals surface area contributed by atoms with Crippen molar-refractivity contribution in [3.8, 4) is 0 Å². The molecule has 2 aromatic carbocycles. The maximum Gasteiger partial charge on any atom is 0.325 e. The van der Waals surface area contributed by atoms with Crippen molar-refractivity contribution in [1.82, 2.24) is 20.2 Å². The normalized spacial score (nSPS) is 24.3. The number of aromatic amines is 1. The van der Waals surface area contributed by atoms with E-state index in [0.717, 1.165) is 21.5 Å². The minimum atomic E-state index is -1.81. The van der Waals surface area contributed by atoms with E-state index in [9.17, 15) is 19.5 Å². The van der Waals surface area contributed by atoms with Crippen molar-refractivity contribution in [2.45, 2.75) is 31.3 Å². The van der Waals surface area contributed by atoms with Crippen LogP contribution in [0.25, 0.3) is 10.9 Å². The van der Waals surface area contributed by atoms with Crippen molar-refractivity contribution >= 4 is 74.8 Å². The van der Waals surface area contributed by atoms with Crippen LogP contribution in [0.15, 0.2) is 48.1 Å². The Morgan fingerprint density at radius 2 is 1.95 bits per heavy atom. The van der Waals surface area contributed by atoms with Crippen LogP contribution in [-0.2, 0) is 27.2 Å². The molecule has 206 valence electrons. The summed E-state index contributed by atoms with van der Waals surface area (Å²) >= 11 is 20.7. The summed E-state index contributed by atoms with van der Waals surface area (Å²) in [4.78, 5) is 50.8. The largest absolute Gasteiger partial charge is 0.480 e. The van der Waals surface area contributed by atoms with Gasteiger partial charge in [0.15, 0.2) is 0 Å². The van der Waals surface area contributed by atoms with Crippen molar-refractivity contribution in [3.05, 3.63) is 84.9 Å². The van der Waals surface area contributed by atoms with E-state index in [-0.39, 0.29) is 28.0 Å². The molecule has 0 aliphatic carbocycles. The van der Waals surface area contributed by atoms with Crippen molar-refractivity contribution in [1.29, 1.82) is 0 Å². The van der Waals surface area contributed by atoms with Gasteiger partial charge in [-0.25, -0.2) is 4.98 Å². The van der Waals surface area contributed by atoms with Crippen LogP contribution < -0.4 is 5.32 Å². The zero-order chi connectivity index (χ0) is 28.3. The Bertz CT molecular complexity index is 1690. The number of rotatable bonds is 7. The van der Waals surface area contributed by atoms with Crippen molar-refractivity contribution in [2.75, 3.05) is 6.54 Å². The molecule has 4 aromatic rings. The molecule has 0 radical (unpaired) electrons. The highest BCUT2D eigenvalue weighted by molar-refractivity contribution is 7.09. The summed E-state index contributed by atoms with van der Waals surface area (Å²) in [6.45, 7) is 1.99. The Morgan fingerprint density at radius 3 is 2.67 bits per heavy atom. The molecule has 2 amide bonds. The Balaban J connectivity index is 1.47. The van der Waals surface area contributed by atoms with Crippen LogP contribution in [0.1, 0.15) is 27.7 Å². The van der Waals surface area contributed by atoms with Gasteiger partial charge < -0.3 is 10.1 Å². The number of hydrogen-bond donors (Lipinski definition) is 3. The number of fused-ring (bicyclic) bond motifs is 2. The minimum Gasteiger partial charge on any atom is -0.480 e. The molecular weight excluding hydrogens is 595 g/mol. The van der Waals surface area contributed by atoms with Gasteiger partial charge in [0.05, 0.1) is 33.1 Å². The number of likely N-dealkylation sites (tertiary alicyclic amines) is 1. The molecule has 0 saturated carbocycles. The van der Waals surface area contributed by atoms with E-state index in [1.807, 2.05) is 31.2 Å². The highest BCUT2D eigenvalue weighted by atomic mass is 35.5. The van der Waals surface area contributed by atoms with Crippen LogP contribution in [0.3, 0.4) is 0 Å². The van der Waals surface area contributed by atoms with Crippen LogP contribution >= 0.6 is 46.1 Å². The van der Waals surface area contributed by atoms with Gasteiger partial charge >= 0.3 is 5.97 Å². The highest BCUT2D eigenvalue weighted by Crippen LogP contribution is 2.52. The van der Waals surface area contributed by atoms with E-state index in [1.165, 1.54) is 22.3 Å². The van der Waals surface area contributed by atoms with Gasteiger partial charge in [-0.1, -0.05) is 53.0 Å². The number of carbonyl (C=O) groups excluding carboxylic acids is 2. The van der Waals surface area contributed by atoms with E-state index in [4.69, 9.17) is 34.8 Å². The summed E-state index contributed by atoms with van der Waals surface area (Å²) in [5, 5.41) is 15.4. The molecule has 4 unspecified atom stereocenters. The third-order valence-corrected chi connectivity index (χ3v) is 10.1. The number of benzene rings is 2. The van der Waals surface area contributed by atoms with Gasteiger partial charge in [0, 0.05) is 52.4 Å². The fourth-order valence-corrected chi connectivity index (χ4v) is 7.65. The predicted molar refractivity (Wildman–Crippen MR) is 154 cm³/mol. The lowest BCUT2D eigenvalue weighted by Gasteiger charge is -2.31. The van der Waals surface area contributed by atoms with Crippen LogP contribution in [0.4, 0.5) is 0 Å². The number of carboxylic acids is 1. The fourth-order valence-electron chi connectivity index (χ4n) is 6.14. The van der Waals surface area contributed by atoms with E-state index in [0.29, 0.717) is 17.5 Å². The topological polar surface area (TPSA) is 115 Å². The third kappa shape index (κ3) is 4.23. The second-order valence-corrected chi connectivity index (χ2v) is 12.3. The molecule has 4 atom stereocenters. The fraction of sp³-hybridized carbons (Fsp3) is 0.286. The minimum absolute atomic E-state index is 0.0449. The molecular formula is C28H23Cl3N4O4S. The molecule has 2 aliphatic heterocycles. The SMILES string of the molecule is Cc1ncsc1CCN1C(=O)C2C(c3cc(Cl)cc(Cl)c3Cl)NC(Cc3c[nH]c4ccccc34)(C(=O)O)C2C1=O. The van der Waals surface area contributed by atoms with E-state index >= 15 is 0 Å². The van der Waals surface area contributed by atoms with E-state index in [1.54, 1.807) is 17.8 Å². The first-order valence-corrected chi connectivity index (χ1v) is 14.6. The lowest BCUT2D eigenvalue weighted by Crippen LogP contribution is -2.57. The standard InChI is InChI=1S/C28H23Cl3N4O4S/c1-13-20(40-12-33-13)6-7-35-25(36)21-22(26(35)37)28(27(38)39,10-14-11-32-19-5-3-2-4-16(14)19)34-24(21)17-8-15(29)9-18(30)23(17)31/h2-5,8-9,11-12,21-22,24,32,34H,6-7,10H2,1H3,(H,38,39). The Kier molecular flexibility index (Phi) is 6.91. The smallest absolute Gasteiger partial charge is 0.325 e. The lowest BCUT2D eigenvalue weighted by atomic mass is 9.76. The number of carboxylic acid groups (broad SMARTS) is 1. The highest BCUT2D eigenvalue weighted by Gasteiger charge is 2.68. The Morgan fingerprint density at radius 1 is 1.18 bits per heavy atom. The summed E-state index contributed by atoms with van der Waals surface area (Å²) in [7, 11) is 0. The second-order valence-electron chi connectivity index (χ2n) is 10.2. The molecule has 12 heteroatoms. The number of imide groups is 1. The molecule has 0 bridgehead atoms. The number of para-hydroxylation sites is 1. The maximum absolute atomic E-state index is 14.0. The first kappa shape index (κ1) is 27.2. The van der Waals surface area contributed by atoms with Crippen LogP contribution in [0.2, 0.25) is 15.1 Å². The predicted octanol–water partition coefficient (Wildman–Crippen LogP) is 5.45. The van der Waals surface area contributed by atoms with Gasteiger partial charge in [-0.2, -0.15) is 0 Å². The summed E-state index contributed by atoms with van der Waals surface area (Å²) in [6, 6.07) is 9.64. The Labute approximate surface area is 248 Å². The van der Waals surface area contributed by atoms with Gasteiger partial charge in [0.25, 0.3) is 0 Å².